The van der Waals surface area contributed by atoms with Crippen LogP contribution in [0.2, 0.25) is 0 Å². The van der Waals surface area contributed by atoms with E-state index in [0.29, 0.717) is 0 Å². The van der Waals surface area contributed by atoms with Crippen molar-refractivity contribution in [2.24, 2.45) is 47.3 Å². The van der Waals surface area contributed by atoms with Crippen LogP contribution < -0.4 is 0 Å². The average molecular weight is 329 g/mol. The number of hydrogen-bond acceptors (Lipinski definition) is 0. The van der Waals surface area contributed by atoms with Crippen LogP contribution >= 0.6 is 0 Å². The Morgan fingerprint density at radius 3 is 0.708 bits per heavy atom. The minimum absolute atomic E-state index is 1.11. The molecule has 0 heterocycles. The number of hydrogen-bond donors (Lipinski definition) is 0. The van der Waals surface area contributed by atoms with Gasteiger partial charge in [0.25, 0.3) is 0 Å². The molecule has 12 rings (SSSR count). The first-order valence-electron chi connectivity index (χ1n) is 11.8. The van der Waals surface area contributed by atoms with Crippen molar-refractivity contribution in [3.63, 3.8) is 0 Å². The molecule has 12 aliphatic rings. The van der Waals surface area contributed by atoms with Gasteiger partial charge in [0.15, 0.2) is 0 Å². The second kappa shape index (κ2) is 6.96. The Labute approximate surface area is 150 Å². The minimum Gasteiger partial charge on any atom is -0.0502 e. The Hall–Kier alpha value is 0. The molecule has 0 aromatic carbocycles. The van der Waals surface area contributed by atoms with Crippen molar-refractivity contribution < 1.29 is 0 Å². The Balaban J connectivity index is 1.31. The molecule has 0 heteroatoms. The molecule has 0 aromatic heterocycles. The molecule has 12 aliphatic carbocycles. The lowest BCUT2D eigenvalue weighted by Crippen LogP contribution is -2.34. The summed E-state index contributed by atoms with van der Waals surface area (Å²) in [5, 5.41) is 0. The van der Waals surface area contributed by atoms with E-state index in [0.717, 1.165) is 47.3 Å². The van der Waals surface area contributed by atoms with Crippen molar-refractivity contribution in [3.8, 4) is 0 Å². The van der Waals surface area contributed by atoms with E-state index in [-0.39, 0.29) is 0 Å². The third-order valence-corrected chi connectivity index (χ3v) is 9.63. The molecule has 12 saturated carbocycles. The molecule has 12 fully saturated rings. The van der Waals surface area contributed by atoms with Gasteiger partial charge in [-0.3, -0.25) is 0 Å². The molecule has 8 unspecified atom stereocenters. The zero-order valence-electron chi connectivity index (χ0n) is 15.9. The summed E-state index contributed by atoms with van der Waals surface area (Å²) in [7, 11) is 0. The van der Waals surface area contributed by atoms with Gasteiger partial charge < -0.3 is 0 Å². The van der Waals surface area contributed by atoms with Gasteiger partial charge in [-0.25, -0.2) is 0 Å². The van der Waals surface area contributed by atoms with E-state index < -0.39 is 0 Å². The highest BCUT2D eigenvalue weighted by atomic mass is 14.4. The molecular weight excluding hydrogens is 288 g/mol. The van der Waals surface area contributed by atoms with Crippen LogP contribution in [0.4, 0.5) is 0 Å². The van der Waals surface area contributed by atoms with Crippen molar-refractivity contribution in [3.05, 3.63) is 0 Å². The molecule has 0 nitrogen and oxygen atoms in total. The molecule has 8 bridgehead atoms. The molecule has 0 aromatic rings. The summed E-state index contributed by atoms with van der Waals surface area (Å²) in [5.41, 5.74) is 0. The van der Waals surface area contributed by atoms with Crippen LogP contribution in [0.3, 0.4) is 0 Å². The Bertz CT molecular complexity index is 346. The van der Waals surface area contributed by atoms with Gasteiger partial charge >= 0.3 is 0 Å². The molecule has 24 heavy (non-hydrogen) atoms. The van der Waals surface area contributed by atoms with Crippen molar-refractivity contribution in [2.45, 2.75) is 103 Å². The summed E-state index contributed by atoms with van der Waals surface area (Å²) < 4.78 is 0. The maximum absolute atomic E-state index is 1.62. The largest absolute Gasteiger partial charge is 0.0502 e. The molecule has 0 aliphatic heterocycles. The average Bonchev–Trinajstić information content (AvgIpc) is 2.63. The van der Waals surface area contributed by atoms with E-state index in [1.54, 1.807) is 103 Å². The van der Waals surface area contributed by atoms with Gasteiger partial charge in [-0.05, 0) is 98.7 Å². The third kappa shape index (κ3) is 3.33. The van der Waals surface area contributed by atoms with Crippen LogP contribution in [0.25, 0.3) is 0 Å². The summed E-state index contributed by atoms with van der Waals surface area (Å²) >= 11 is 0. The van der Waals surface area contributed by atoms with Crippen molar-refractivity contribution in [1.29, 1.82) is 0 Å². The predicted molar refractivity (Wildman–Crippen MR) is 102 cm³/mol. The summed E-state index contributed by atoms with van der Waals surface area (Å²) in [5.74, 6) is 9.02. The predicted octanol–water partition coefficient (Wildman–Crippen LogP) is 7.23. The van der Waals surface area contributed by atoms with E-state index in [4.69, 9.17) is 0 Å². The maximum Gasteiger partial charge on any atom is -0.0383 e. The van der Waals surface area contributed by atoms with Gasteiger partial charge in [-0.2, -0.15) is 0 Å². The van der Waals surface area contributed by atoms with Crippen molar-refractivity contribution in [2.75, 3.05) is 0 Å². The van der Waals surface area contributed by atoms with Gasteiger partial charge in [0.1, 0.15) is 0 Å². The minimum atomic E-state index is 1.11. The SMILES string of the molecule is C1CC2CCC3CC(CCC4CCC5CC1CCC5C4)CCC3C2. The number of rotatable bonds is 0. The molecule has 0 radical (unpaired) electrons. The summed E-state index contributed by atoms with van der Waals surface area (Å²) in [4.78, 5) is 0. The van der Waals surface area contributed by atoms with Gasteiger partial charge in [0.2, 0.25) is 0 Å². The fourth-order valence-electron chi connectivity index (χ4n) is 8.16. The highest BCUT2D eigenvalue weighted by molar-refractivity contribution is 4.90. The van der Waals surface area contributed by atoms with Crippen molar-refractivity contribution >= 4 is 0 Å². The molecule has 0 spiro atoms. The van der Waals surface area contributed by atoms with E-state index in [1.807, 2.05) is 0 Å². The lowest BCUT2D eigenvalue weighted by molar-refractivity contribution is 0.0593. The van der Waals surface area contributed by atoms with E-state index in [2.05, 4.69) is 0 Å². The summed E-state index contributed by atoms with van der Waals surface area (Å²) in [6, 6.07) is 0. The van der Waals surface area contributed by atoms with Crippen LogP contribution in [-0.2, 0) is 0 Å². The fourth-order valence-corrected chi connectivity index (χ4v) is 8.16. The normalized spacial score (nSPS) is 52.0. The Kier molecular flexibility index (Phi) is 4.69. The third-order valence-electron chi connectivity index (χ3n) is 9.63. The van der Waals surface area contributed by atoms with Gasteiger partial charge in [0.05, 0.1) is 0 Å². The fraction of sp³-hybridized carbons (Fsp3) is 1.00. The lowest BCUT2D eigenvalue weighted by atomic mass is 9.60. The second-order valence-corrected chi connectivity index (χ2v) is 10.9. The van der Waals surface area contributed by atoms with Crippen LogP contribution in [0.5, 0.6) is 0 Å². The smallest absolute Gasteiger partial charge is 0.0383 e. The highest BCUT2D eigenvalue weighted by Gasteiger charge is 2.39. The molecular formula is C24H40. The van der Waals surface area contributed by atoms with E-state index >= 15 is 0 Å². The Morgan fingerprint density at radius 1 is 0.250 bits per heavy atom. The van der Waals surface area contributed by atoms with Crippen molar-refractivity contribution in [1.82, 2.24) is 0 Å². The molecule has 0 N–H and O–H groups in total. The first-order chi connectivity index (χ1) is 11.8. The molecule has 0 saturated heterocycles. The van der Waals surface area contributed by atoms with Gasteiger partial charge in [0, 0.05) is 0 Å². The zero-order valence-corrected chi connectivity index (χ0v) is 15.9. The molecule has 136 valence electrons. The van der Waals surface area contributed by atoms with Crippen LogP contribution in [0.15, 0.2) is 0 Å². The second-order valence-electron chi connectivity index (χ2n) is 10.9. The van der Waals surface area contributed by atoms with E-state index in [1.165, 1.54) is 0 Å². The zero-order chi connectivity index (χ0) is 15.9. The molecule has 0 amide bonds. The lowest BCUT2D eigenvalue weighted by Gasteiger charge is -2.45. The standard InChI is InChI=1S/C24H40/c1-2-18-6-10-24-16-20(8-12-23(24)14-18)4-3-19-7-11-21-13-17(1)5-9-22(21)15-19/h17-24H,1-16H2. The summed E-state index contributed by atoms with van der Waals surface area (Å²) in [6.07, 6.45) is 25.7. The van der Waals surface area contributed by atoms with Gasteiger partial charge in [-0.15, -0.1) is 0 Å². The van der Waals surface area contributed by atoms with Gasteiger partial charge in [-0.1, -0.05) is 51.4 Å². The quantitative estimate of drug-likeness (QED) is 0.440. The summed E-state index contributed by atoms with van der Waals surface area (Å²) in [6.45, 7) is 0. The first-order valence-corrected chi connectivity index (χ1v) is 11.8. The maximum atomic E-state index is 1.62. The van der Waals surface area contributed by atoms with Crippen LogP contribution in [0, 0.1) is 47.3 Å². The van der Waals surface area contributed by atoms with Crippen LogP contribution in [-0.4, -0.2) is 0 Å². The topological polar surface area (TPSA) is 0 Å². The molecule has 8 atom stereocenters. The monoisotopic (exact) mass is 328 g/mol. The first kappa shape index (κ1) is 16.2. The Morgan fingerprint density at radius 2 is 0.458 bits per heavy atom. The van der Waals surface area contributed by atoms with E-state index in [9.17, 15) is 0 Å². The van der Waals surface area contributed by atoms with Crippen LogP contribution in [0.1, 0.15) is 103 Å². The highest BCUT2D eigenvalue weighted by Crippen LogP contribution is 2.51.